The lowest BCUT2D eigenvalue weighted by atomic mass is 10.2. The summed E-state index contributed by atoms with van der Waals surface area (Å²) < 4.78 is 13.0. The lowest BCUT2D eigenvalue weighted by Gasteiger charge is -2.36. The Morgan fingerprint density at radius 2 is 1.76 bits per heavy atom. The number of nitrogens with zero attached hydrogens (tertiary/aromatic N) is 3. The maximum Gasteiger partial charge on any atom is 0.185 e. The van der Waals surface area contributed by atoms with E-state index in [9.17, 15) is 9.50 Å². The summed E-state index contributed by atoms with van der Waals surface area (Å²) in [5.41, 5.74) is 1.97. The summed E-state index contributed by atoms with van der Waals surface area (Å²) in [7, 11) is 0. The quantitative estimate of drug-likeness (QED) is 0.945. The SMILES string of the molecule is Cc1nc(N2CCN(c3ccc(F)cc3)CC2)sc1CO. The highest BCUT2D eigenvalue weighted by molar-refractivity contribution is 7.15. The van der Waals surface area contributed by atoms with Gasteiger partial charge in [-0.05, 0) is 31.2 Å². The largest absolute Gasteiger partial charge is 0.391 e. The third-order valence-corrected chi connectivity index (χ3v) is 4.97. The van der Waals surface area contributed by atoms with Crippen LogP contribution < -0.4 is 9.80 Å². The molecule has 112 valence electrons. The number of thiazole rings is 1. The lowest BCUT2D eigenvalue weighted by molar-refractivity contribution is 0.284. The van der Waals surface area contributed by atoms with E-state index < -0.39 is 0 Å². The molecule has 3 rings (SSSR count). The Hall–Kier alpha value is -1.66. The number of benzene rings is 1. The Kier molecular flexibility index (Phi) is 4.07. The van der Waals surface area contributed by atoms with Gasteiger partial charge in [0.05, 0.1) is 17.2 Å². The number of anilines is 2. The molecule has 0 unspecified atom stereocenters. The average molecular weight is 307 g/mol. The minimum absolute atomic E-state index is 0.0546. The molecule has 0 radical (unpaired) electrons. The van der Waals surface area contributed by atoms with Crippen LogP contribution in [0.2, 0.25) is 0 Å². The van der Waals surface area contributed by atoms with Crippen LogP contribution in [0.25, 0.3) is 0 Å². The molecule has 21 heavy (non-hydrogen) atoms. The van der Waals surface area contributed by atoms with Gasteiger partial charge in [-0.1, -0.05) is 11.3 Å². The van der Waals surface area contributed by atoms with Crippen LogP contribution in [0.3, 0.4) is 0 Å². The van der Waals surface area contributed by atoms with E-state index in [2.05, 4.69) is 14.8 Å². The number of aliphatic hydroxyl groups is 1. The minimum Gasteiger partial charge on any atom is -0.391 e. The van der Waals surface area contributed by atoms with E-state index in [0.29, 0.717) is 0 Å². The Morgan fingerprint density at radius 3 is 2.33 bits per heavy atom. The molecule has 0 saturated carbocycles. The summed E-state index contributed by atoms with van der Waals surface area (Å²) in [5, 5.41) is 10.2. The highest BCUT2D eigenvalue weighted by atomic mass is 32.1. The van der Waals surface area contributed by atoms with Crippen LogP contribution in [0, 0.1) is 12.7 Å². The lowest BCUT2D eigenvalue weighted by Crippen LogP contribution is -2.46. The number of halogens is 1. The number of hydrogen-bond donors (Lipinski definition) is 1. The van der Waals surface area contributed by atoms with Crippen molar-refractivity contribution in [1.82, 2.24) is 4.98 Å². The summed E-state index contributed by atoms with van der Waals surface area (Å²) in [6.45, 7) is 5.53. The average Bonchev–Trinajstić information content (AvgIpc) is 2.89. The van der Waals surface area contributed by atoms with Crippen molar-refractivity contribution in [1.29, 1.82) is 0 Å². The molecule has 2 aromatic rings. The molecule has 6 heteroatoms. The van der Waals surface area contributed by atoms with Gasteiger partial charge in [-0.15, -0.1) is 0 Å². The molecule has 0 amide bonds. The first-order valence-electron chi connectivity index (χ1n) is 7.00. The molecule has 1 aromatic carbocycles. The fraction of sp³-hybridized carbons (Fsp3) is 0.400. The second-order valence-corrected chi connectivity index (χ2v) is 6.18. The van der Waals surface area contributed by atoms with Crippen LogP contribution >= 0.6 is 11.3 Å². The van der Waals surface area contributed by atoms with Gasteiger partial charge in [0.2, 0.25) is 0 Å². The van der Waals surface area contributed by atoms with E-state index in [1.807, 2.05) is 19.1 Å². The molecule has 1 fully saturated rings. The number of piperazine rings is 1. The van der Waals surface area contributed by atoms with Crippen LogP contribution in [-0.4, -0.2) is 36.3 Å². The third kappa shape index (κ3) is 3.01. The molecule has 0 bridgehead atoms. The van der Waals surface area contributed by atoms with Crippen molar-refractivity contribution in [2.24, 2.45) is 0 Å². The third-order valence-electron chi connectivity index (χ3n) is 3.77. The second-order valence-electron chi connectivity index (χ2n) is 5.11. The van der Waals surface area contributed by atoms with E-state index in [1.54, 1.807) is 11.3 Å². The number of aryl methyl sites for hydroxylation is 1. The molecule has 1 aliphatic heterocycles. The minimum atomic E-state index is -0.202. The van der Waals surface area contributed by atoms with Gasteiger partial charge < -0.3 is 14.9 Å². The zero-order valence-corrected chi connectivity index (χ0v) is 12.7. The van der Waals surface area contributed by atoms with Gasteiger partial charge in [-0.25, -0.2) is 9.37 Å². The van der Waals surface area contributed by atoms with Gasteiger partial charge in [-0.3, -0.25) is 0 Å². The Morgan fingerprint density at radius 1 is 1.14 bits per heavy atom. The van der Waals surface area contributed by atoms with Crippen molar-refractivity contribution in [3.8, 4) is 0 Å². The molecule has 0 spiro atoms. The van der Waals surface area contributed by atoms with Crippen LogP contribution in [0.5, 0.6) is 0 Å². The highest BCUT2D eigenvalue weighted by Crippen LogP contribution is 2.27. The molecule has 1 aromatic heterocycles. The number of aromatic nitrogens is 1. The number of aliphatic hydroxyl groups excluding tert-OH is 1. The summed E-state index contributed by atoms with van der Waals surface area (Å²) in [5.74, 6) is -0.202. The molecular formula is C15H18FN3OS. The second kappa shape index (κ2) is 5.99. The van der Waals surface area contributed by atoms with Gasteiger partial charge in [0.1, 0.15) is 5.82 Å². The van der Waals surface area contributed by atoms with Crippen molar-refractivity contribution in [3.63, 3.8) is 0 Å². The van der Waals surface area contributed by atoms with Crippen molar-refractivity contribution in [3.05, 3.63) is 40.7 Å². The first kappa shape index (κ1) is 14.3. The maximum atomic E-state index is 13.0. The molecular weight excluding hydrogens is 289 g/mol. The van der Waals surface area contributed by atoms with Gasteiger partial charge >= 0.3 is 0 Å². The summed E-state index contributed by atoms with van der Waals surface area (Å²) >= 11 is 1.56. The normalized spacial score (nSPS) is 15.6. The van der Waals surface area contributed by atoms with Crippen LogP contribution in [0.4, 0.5) is 15.2 Å². The number of hydrogen-bond acceptors (Lipinski definition) is 5. The monoisotopic (exact) mass is 307 g/mol. The zero-order valence-electron chi connectivity index (χ0n) is 11.9. The Balaban J connectivity index is 1.65. The smallest absolute Gasteiger partial charge is 0.185 e. The van der Waals surface area contributed by atoms with Gasteiger partial charge in [0, 0.05) is 31.9 Å². The van der Waals surface area contributed by atoms with E-state index in [0.717, 1.165) is 47.6 Å². The van der Waals surface area contributed by atoms with E-state index >= 15 is 0 Å². The first-order valence-corrected chi connectivity index (χ1v) is 7.81. The summed E-state index contributed by atoms with van der Waals surface area (Å²) in [6.07, 6.45) is 0. The van der Waals surface area contributed by atoms with Gasteiger partial charge in [0.25, 0.3) is 0 Å². The van der Waals surface area contributed by atoms with Crippen molar-refractivity contribution in [2.45, 2.75) is 13.5 Å². The highest BCUT2D eigenvalue weighted by Gasteiger charge is 2.20. The molecule has 2 heterocycles. The Labute approximate surface area is 127 Å². The van der Waals surface area contributed by atoms with Crippen LogP contribution in [0.15, 0.2) is 24.3 Å². The predicted octanol–water partition coefficient (Wildman–Crippen LogP) is 2.41. The summed E-state index contributed by atoms with van der Waals surface area (Å²) in [6, 6.07) is 6.64. The number of rotatable bonds is 3. The molecule has 4 nitrogen and oxygen atoms in total. The van der Waals surface area contributed by atoms with Crippen molar-refractivity contribution < 1.29 is 9.50 Å². The van der Waals surface area contributed by atoms with Gasteiger partial charge in [0.15, 0.2) is 5.13 Å². The zero-order chi connectivity index (χ0) is 14.8. The fourth-order valence-corrected chi connectivity index (χ4v) is 3.48. The van der Waals surface area contributed by atoms with E-state index in [-0.39, 0.29) is 12.4 Å². The van der Waals surface area contributed by atoms with E-state index in [1.165, 1.54) is 12.1 Å². The molecule has 1 N–H and O–H groups in total. The van der Waals surface area contributed by atoms with Crippen molar-refractivity contribution in [2.75, 3.05) is 36.0 Å². The van der Waals surface area contributed by atoms with Crippen molar-refractivity contribution >= 4 is 22.2 Å². The molecule has 1 saturated heterocycles. The fourth-order valence-electron chi connectivity index (χ4n) is 2.50. The van der Waals surface area contributed by atoms with Gasteiger partial charge in [-0.2, -0.15) is 0 Å². The Bertz CT molecular complexity index is 606. The standard InChI is InChI=1S/C15H18FN3OS/c1-11-14(10-20)21-15(17-11)19-8-6-18(7-9-19)13-4-2-12(16)3-5-13/h2-5,20H,6-10H2,1H3. The predicted molar refractivity (Wildman–Crippen MR) is 83.6 cm³/mol. The van der Waals surface area contributed by atoms with Crippen LogP contribution in [0.1, 0.15) is 10.6 Å². The first-order chi connectivity index (χ1) is 10.2. The molecule has 1 aliphatic rings. The summed E-state index contributed by atoms with van der Waals surface area (Å²) in [4.78, 5) is 9.97. The topological polar surface area (TPSA) is 39.6 Å². The molecule has 0 atom stereocenters. The van der Waals surface area contributed by atoms with Crippen LogP contribution in [-0.2, 0) is 6.61 Å². The molecule has 0 aliphatic carbocycles. The maximum absolute atomic E-state index is 13.0. The van der Waals surface area contributed by atoms with E-state index in [4.69, 9.17) is 0 Å².